The minimum Gasteiger partial charge on any atom is -0.351 e. The number of amides is 1. The molecule has 0 aliphatic heterocycles. The van der Waals surface area contributed by atoms with Gasteiger partial charge in [-0.3, -0.25) is 4.79 Å². The van der Waals surface area contributed by atoms with Crippen molar-refractivity contribution in [3.05, 3.63) is 34.1 Å². The number of carbonyl (C=O) groups excluding carboxylic acids is 1. The Morgan fingerprint density at radius 1 is 1.39 bits per heavy atom. The number of carbonyl (C=O) groups is 1. The molecule has 0 aliphatic carbocycles. The monoisotopic (exact) mass is 316 g/mol. The first-order valence-electron chi connectivity index (χ1n) is 6.04. The lowest BCUT2D eigenvalue weighted by molar-refractivity contribution is 0.0947. The van der Waals surface area contributed by atoms with E-state index in [1.165, 1.54) is 18.2 Å². The molecule has 0 radical (unpaired) electrons. The highest BCUT2D eigenvalue weighted by Gasteiger charge is 2.10. The van der Waals surface area contributed by atoms with E-state index in [4.69, 9.17) is 0 Å². The molecule has 0 bridgehead atoms. The predicted molar refractivity (Wildman–Crippen MR) is 74.2 cm³/mol. The average Bonchev–Trinajstić information content (AvgIpc) is 2.37. The largest absolute Gasteiger partial charge is 0.351 e. The van der Waals surface area contributed by atoms with Crippen LogP contribution in [0.3, 0.4) is 0 Å². The van der Waals surface area contributed by atoms with Gasteiger partial charge in [0.15, 0.2) is 0 Å². The average molecular weight is 317 g/mol. The van der Waals surface area contributed by atoms with Crippen LogP contribution in [0.2, 0.25) is 0 Å². The van der Waals surface area contributed by atoms with Crippen molar-refractivity contribution in [2.24, 2.45) is 0 Å². The van der Waals surface area contributed by atoms with E-state index < -0.39 is 5.82 Å². The van der Waals surface area contributed by atoms with Gasteiger partial charge in [0, 0.05) is 17.6 Å². The molecule has 1 aromatic rings. The van der Waals surface area contributed by atoms with Gasteiger partial charge < -0.3 is 10.2 Å². The van der Waals surface area contributed by atoms with Crippen molar-refractivity contribution in [3.8, 4) is 0 Å². The van der Waals surface area contributed by atoms with Crippen LogP contribution in [0.15, 0.2) is 22.7 Å². The van der Waals surface area contributed by atoms with Crippen LogP contribution in [-0.2, 0) is 0 Å². The Kier molecular flexibility index (Phi) is 6.29. The molecular weight excluding hydrogens is 299 g/mol. The van der Waals surface area contributed by atoms with E-state index in [0.717, 1.165) is 19.6 Å². The zero-order chi connectivity index (χ0) is 13.5. The number of hydrogen-bond donors (Lipinski definition) is 1. The molecule has 1 rings (SSSR count). The van der Waals surface area contributed by atoms with Gasteiger partial charge in [-0.05, 0) is 47.2 Å². The second kappa shape index (κ2) is 7.48. The van der Waals surface area contributed by atoms with Crippen molar-refractivity contribution in [2.75, 3.05) is 26.2 Å². The maximum absolute atomic E-state index is 13.1. The van der Waals surface area contributed by atoms with Gasteiger partial charge in [0.25, 0.3) is 5.91 Å². The molecule has 0 aromatic heterocycles. The molecule has 0 saturated heterocycles. The van der Waals surface area contributed by atoms with Crippen LogP contribution in [0, 0.1) is 5.82 Å². The van der Waals surface area contributed by atoms with Crippen molar-refractivity contribution in [1.82, 2.24) is 10.2 Å². The van der Waals surface area contributed by atoms with Crippen LogP contribution >= 0.6 is 15.9 Å². The highest BCUT2D eigenvalue weighted by atomic mass is 79.9. The minimum atomic E-state index is -0.410. The molecule has 1 aromatic carbocycles. The SMILES string of the molecule is CCN(CC)CCNC(=O)c1cc(F)ccc1Br. The topological polar surface area (TPSA) is 32.3 Å². The summed E-state index contributed by atoms with van der Waals surface area (Å²) >= 11 is 3.24. The molecule has 1 amide bonds. The fourth-order valence-corrected chi connectivity index (χ4v) is 2.06. The van der Waals surface area contributed by atoms with Crippen molar-refractivity contribution in [2.45, 2.75) is 13.8 Å². The van der Waals surface area contributed by atoms with Gasteiger partial charge in [-0.2, -0.15) is 0 Å². The summed E-state index contributed by atoms with van der Waals surface area (Å²) < 4.78 is 13.7. The number of nitrogens with zero attached hydrogens (tertiary/aromatic N) is 1. The molecule has 0 heterocycles. The van der Waals surface area contributed by atoms with Crippen LogP contribution in [-0.4, -0.2) is 37.0 Å². The molecule has 3 nitrogen and oxygen atoms in total. The van der Waals surface area contributed by atoms with Gasteiger partial charge in [-0.1, -0.05) is 13.8 Å². The third-order valence-corrected chi connectivity index (χ3v) is 3.47. The third kappa shape index (κ3) is 4.38. The predicted octanol–water partition coefficient (Wildman–Crippen LogP) is 2.66. The van der Waals surface area contributed by atoms with Crippen LogP contribution in [0.4, 0.5) is 4.39 Å². The maximum atomic E-state index is 13.1. The number of benzene rings is 1. The van der Waals surface area contributed by atoms with Crippen LogP contribution in [0.1, 0.15) is 24.2 Å². The second-order valence-electron chi connectivity index (χ2n) is 3.91. The molecule has 0 saturated carbocycles. The molecule has 0 atom stereocenters. The number of hydrogen-bond acceptors (Lipinski definition) is 2. The van der Waals surface area contributed by atoms with Gasteiger partial charge in [-0.25, -0.2) is 4.39 Å². The molecule has 5 heteroatoms. The molecule has 18 heavy (non-hydrogen) atoms. The molecule has 0 aliphatic rings. The summed E-state index contributed by atoms with van der Waals surface area (Å²) in [5.74, 6) is -0.666. The molecule has 1 N–H and O–H groups in total. The van der Waals surface area contributed by atoms with Gasteiger partial charge >= 0.3 is 0 Å². The summed E-state index contributed by atoms with van der Waals surface area (Å²) in [5, 5.41) is 2.79. The fourth-order valence-electron chi connectivity index (χ4n) is 1.63. The van der Waals surface area contributed by atoms with E-state index in [-0.39, 0.29) is 5.91 Å². The summed E-state index contributed by atoms with van der Waals surface area (Å²) in [5.41, 5.74) is 0.328. The van der Waals surface area contributed by atoms with E-state index in [2.05, 4.69) is 40.0 Å². The van der Waals surface area contributed by atoms with Crippen LogP contribution in [0.5, 0.6) is 0 Å². The Bertz CT molecular complexity index is 408. The quantitative estimate of drug-likeness (QED) is 0.875. The lowest BCUT2D eigenvalue weighted by Crippen LogP contribution is -2.34. The standard InChI is InChI=1S/C13H18BrFN2O/c1-3-17(4-2)8-7-16-13(18)11-9-10(15)5-6-12(11)14/h5-6,9H,3-4,7-8H2,1-2H3,(H,16,18). The van der Waals surface area contributed by atoms with E-state index in [9.17, 15) is 9.18 Å². The normalized spacial score (nSPS) is 10.7. The Balaban J connectivity index is 2.53. The second-order valence-corrected chi connectivity index (χ2v) is 4.76. The minimum absolute atomic E-state index is 0.256. The summed E-state index contributed by atoms with van der Waals surface area (Å²) in [6.45, 7) is 7.42. The number of halogens is 2. The fraction of sp³-hybridized carbons (Fsp3) is 0.462. The zero-order valence-electron chi connectivity index (χ0n) is 10.7. The molecule has 100 valence electrons. The van der Waals surface area contributed by atoms with Crippen molar-refractivity contribution in [3.63, 3.8) is 0 Å². The van der Waals surface area contributed by atoms with Crippen molar-refractivity contribution < 1.29 is 9.18 Å². The maximum Gasteiger partial charge on any atom is 0.252 e. The Hall–Kier alpha value is -0.940. The number of rotatable bonds is 6. The van der Waals surface area contributed by atoms with E-state index >= 15 is 0 Å². The first-order chi connectivity index (χ1) is 8.58. The molecule has 0 fully saturated rings. The smallest absolute Gasteiger partial charge is 0.252 e. The first kappa shape index (κ1) is 15.1. The molecular formula is C13H18BrFN2O. The lowest BCUT2D eigenvalue weighted by atomic mass is 10.2. The number of nitrogens with one attached hydrogen (secondary N) is 1. The summed E-state index contributed by atoms with van der Waals surface area (Å²) in [6.07, 6.45) is 0. The Labute approximate surface area is 115 Å². The van der Waals surface area contributed by atoms with Gasteiger partial charge in [0.05, 0.1) is 5.56 Å². The lowest BCUT2D eigenvalue weighted by Gasteiger charge is -2.18. The van der Waals surface area contributed by atoms with Crippen molar-refractivity contribution >= 4 is 21.8 Å². The summed E-state index contributed by atoms with van der Waals surface area (Å²) in [6, 6.07) is 4.09. The molecule has 0 spiro atoms. The van der Waals surface area contributed by atoms with E-state index in [0.29, 0.717) is 16.6 Å². The first-order valence-corrected chi connectivity index (χ1v) is 6.83. The molecule has 0 unspecified atom stereocenters. The zero-order valence-corrected chi connectivity index (χ0v) is 12.3. The van der Waals surface area contributed by atoms with Crippen LogP contribution < -0.4 is 5.32 Å². The Morgan fingerprint density at radius 2 is 2.06 bits per heavy atom. The van der Waals surface area contributed by atoms with E-state index in [1.54, 1.807) is 0 Å². The highest BCUT2D eigenvalue weighted by molar-refractivity contribution is 9.10. The van der Waals surface area contributed by atoms with Crippen LogP contribution in [0.25, 0.3) is 0 Å². The van der Waals surface area contributed by atoms with Gasteiger partial charge in [-0.15, -0.1) is 0 Å². The Morgan fingerprint density at radius 3 is 2.67 bits per heavy atom. The van der Waals surface area contributed by atoms with Crippen molar-refractivity contribution in [1.29, 1.82) is 0 Å². The third-order valence-electron chi connectivity index (χ3n) is 2.78. The highest BCUT2D eigenvalue weighted by Crippen LogP contribution is 2.17. The number of likely N-dealkylation sites (N-methyl/N-ethyl adjacent to an activating group) is 1. The summed E-state index contributed by atoms with van der Waals surface area (Å²) in [7, 11) is 0. The summed E-state index contributed by atoms with van der Waals surface area (Å²) in [4.78, 5) is 14.1. The van der Waals surface area contributed by atoms with Gasteiger partial charge in [0.2, 0.25) is 0 Å². The van der Waals surface area contributed by atoms with E-state index in [1.807, 2.05) is 0 Å². The van der Waals surface area contributed by atoms with Gasteiger partial charge in [0.1, 0.15) is 5.82 Å².